The largest absolute Gasteiger partial charge is 0.402 e. The molecule has 0 saturated heterocycles. The molecule has 144 valence electrons. The normalized spacial score (nSPS) is 20.6. The maximum Gasteiger partial charge on any atom is 0.261 e. The van der Waals surface area contributed by atoms with Crippen LogP contribution in [0.25, 0.3) is 0 Å². The third kappa shape index (κ3) is 4.10. The van der Waals surface area contributed by atoms with Crippen LogP contribution in [0.3, 0.4) is 0 Å². The van der Waals surface area contributed by atoms with Crippen LogP contribution in [0.4, 0.5) is 0 Å². The third-order valence-electron chi connectivity index (χ3n) is 5.57. The van der Waals surface area contributed by atoms with Crippen molar-refractivity contribution in [2.75, 3.05) is 6.61 Å². The molecule has 0 aromatic heterocycles. The maximum absolute atomic E-state index is 7.22. The molecule has 0 unspecified atom stereocenters. The van der Waals surface area contributed by atoms with E-state index in [9.17, 15) is 0 Å². The first kappa shape index (κ1) is 20.1. The zero-order valence-corrected chi connectivity index (χ0v) is 17.9. The second kappa shape index (κ2) is 8.55. The fourth-order valence-electron chi connectivity index (χ4n) is 4.33. The second-order valence-corrected chi connectivity index (χ2v) is 12.7. The minimum atomic E-state index is -2.50. The van der Waals surface area contributed by atoms with Crippen LogP contribution in [0.2, 0.25) is 5.04 Å². The van der Waals surface area contributed by atoms with Crippen molar-refractivity contribution < 1.29 is 9.16 Å². The number of rotatable bonds is 7. The molecule has 0 aliphatic heterocycles. The molecule has 2 nitrogen and oxygen atoms in total. The van der Waals surface area contributed by atoms with Crippen molar-refractivity contribution in [3.05, 3.63) is 73.3 Å². The summed E-state index contributed by atoms with van der Waals surface area (Å²) in [4.78, 5) is 0. The summed E-state index contributed by atoms with van der Waals surface area (Å²) < 4.78 is 13.3. The molecule has 27 heavy (non-hydrogen) atoms. The highest BCUT2D eigenvalue weighted by atomic mass is 28.4. The van der Waals surface area contributed by atoms with Gasteiger partial charge in [0.05, 0.1) is 18.8 Å². The van der Waals surface area contributed by atoms with Crippen molar-refractivity contribution >= 4 is 18.7 Å². The first-order chi connectivity index (χ1) is 13.0. The van der Waals surface area contributed by atoms with E-state index in [0.717, 1.165) is 19.3 Å². The zero-order chi connectivity index (χ0) is 19.3. The van der Waals surface area contributed by atoms with Gasteiger partial charge in [-0.1, -0.05) is 87.5 Å². The van der Waals surface area contributed by atoms with Crippen LogP contribution in [0, 0.1) is 0 Å². The minimum absolute atomic E-state index is 0.00127. The van der Waals surface area contributed by atoms with Gasteiger partial charge < -0.3 is 9.16 Å². The molecule has 0 amide bonds. The maximum atomic E-state index is 7.22. The van der Waals surface area contributed by atoms with Gasteiger partial charge in [-0.3, -0.25) is 0 Å². The van der Waals surface area contributed by atoms with Crippen LogP contribution >= 0.6 is 0 Å². The molecule has 0 radical (unpaired) electrons. The predicted octanol–water partition coefficient (Wildman–Crippen LogP) is 4.69. The predicted molar refractivity (Wildman–Crippen MR) is 116 cm³/mol. The second-order valence-electron chi connectivity index (χ2n) is 8.41. The quantitative estimate of drug-likeness (QED) is 0.513. The molecular weight excluding hydrogens is 348 g/mol. The summed E-state index contributed by atoms with van der Waals surface area (Å²) in [6.07, 6.45) is 5.41. The summed E-state index contributed by atoms with van der Waals surface area (Å²) in [7, 11) is -2.50. The molecular formula is C24H32O2Si. The van der Waals surface area contributed by atoms with E-state index in [4.69, 9.17) is 9.16 Å². The van der Waals surface area contributed by atoms with E-state index in [-0.39, 0.29) is 17.2 Å². The van der Waals surface area contributed by atoms with E-state index in [0.29, 0.717) is 6.61 Å². The Morgan fingerprint density at radius 2 is 1.44 bits per heavy atom. The summed E-state index contributed by atoms with van der Waals surface area (Å²) in [5, 5.41) is 2.66. The Hall–Kier alpha value is -1.68. The van der Waals surface area contributed by atoms with E-state index in [2.05, 4.69) is 88.0 Å². The lowest BCUT2D eigenvalue weighted by molar-refractivity contribution is 0.00131. The summed E-state index contributed by atoms with van der Waals surface area (Å²) in [6.45, 7) is 11.4. The zero-order valence-electron chi connectivity index (χ0n) is 16.9. The van der Waals surface area contributed by atoms with Crippen molar-refractivity contribution in [3.8, 4) is 0 Å². The molecule has 0 spiro atoms. The van der Waals surface area contributed by atoms with Crippen molar-refractivity contribution in [1.82, 2.24) is 0 Å². The molecule has 2 aromatic rings. The SMILES string of the molecule is C=CCO[C@@H]1CCC[C@H]1O[Si](c1ccccc1)(c1ccccc1)C(C)(C)C. The Morgan fingerprint density at radius 3 is 1.93 bits per heavy atom. The Kier molecular flexibility index (Phi) is 6.35. The van der Waals surface area contributed by atoms with Crippen LogP contribution < -0.4 is 10.4 Å². The molecule has 1 fully saturated rings. The van der Waals surface area contributed by atoms with Crippen molar-refractivity contribution in [2.24, 2.45) is 0 Å². The van der Waals surface area contributed by atoms with Gasteiger partial charge in [0.15, 0.2) is 0 Å². The van der Waals surface area contributed by atoms with Gasteiger partial charge in [-0.2, -0.15) is 0 Å². The van der Waals surface area contributed by atoms with Crippen molar-refractivity contribution in [3.63, 3.8) is 0 Å². The lowest BCUT2D eigenvalue weighted by atomic mass is 10.2. The fourth-order valence-corrected chi connectivity index (χ4v) is 9.07. The van der Waals surface area contributed by atoms with Crippen LogP contribution in [0.5, 0.6) is 0 Å². The van der Waals surface area contributed by atoms with E-state index in [1.54, 1.807) is 0 Å². The minimum Gasteiger partial charge on any atom is -0.402 e. The summed E-state index contributed by atoms with van der Waals surface area (Å²) in [6, 6.07) is 21.7. The highest BCUT2D eigenvalue weighted by Crippen LogP contribution is 2.40. The molecule has 3 heteroatoms. The lowest BCUT2D eigenvalue weighted by Gasteiger charge is -2.45. The van der Waals surface area contributed by atoms with E-state index >= 15 is 0 Å². The third-order valence-corrected chi connectivity index (χ3v) is 10.6. The standard InChI is InChI=1S/C24H32O2Si/c1-5-19-25-22-17-12-18-23(22)26-27(24(2,3)4,20-13-8-6-9-14-20)21-15-10-7-11-16-21/h5-11,13-16,22-23H,1,12,17-19H2,2-4H3/t22-,23-/m1/s1. The average molecular weight is 381 g/mol. The Bertz CT molecular complexity index is 682. The van der Waals surface area contributed by atoms with Gasteiger partial charge in [0, 0.05) is 0 Å². The number of benzene rings is 2. The highest BCUT2D eigenvalue weighted by Gasteiger charge is 2.52. The van der Waals surface area contributed by atoms with Crippen LogP contribution in [-0.2, 0) is 9.16 Å². The number of ether oxygens (including phenoxy) is 1. The number of hydrogen-bond donors (Lipinski definition) is 0. The van der Waals surface area contributed by atoms with Crippen LogP contribution in [0.1, 0.15) is 40.0 Å². The van der Waals surface area contributed by atoms with E-state index < -0.39 is 8.32 Å². The molecule has 0 heterocycles. The van der Waals surface area contributed by atoms with Gasteiger partial charge in [-0.15, -0.1) is 6.58 Å². The topological polar surface area (TPSA) is 18.5 Å². The first-order valence-corrected chi connectivity index (χ1v) is 11.9. The average Bonchev–Trinajstić information content (AvgIpc) is 3.11. The van der Waals surface area contributed by atoms with Crippen LogP contribution in [0.15, 0.2) is 73.3 Å². The fraction of sp³-hybridized carbons (Fsp3) is 0.417. The molecule has 2 aromatic carbocycles. The summed E-state index contributed by atoms with van der Waals surface area (Å²) >= 11 is 0. The molecule has 1 aliphatic carbocycles. The Morgan fingerprint density at radius 1 is 0.926 bits per heavy atom. The highest BCUT2D eigenvalue weighted by molar-refractivity contribution is 6.99. The smallest absolute Gasteiger partial charge is 0.261 e. The molecule has 1 saturated carbocycles. The van der Waals surface area contributed by atoms with Gasteiger partial charge in [-0.25, -0.2) is 0 Å². The lowest BCUT2D eigenvalue weighted by Crippen LogP contribution is -2.68. The van der Waals surface area contributed by atoms with Gasteiger partial charge >= 0.3 is 0 Å². The van der Waals surface area contributed by atoms with Gasteiger partial charge in [-0.05, 0) is 34.7 Å². The Balaban J connectivity index is 2.08. The number of hydrogen-bond acceptors (Lipinski definition) is 2. The van der Waals surface area contributed by atoms with Crippen molar-refractivity contribution in [2.45, 2.75) is 57.3 Å². The summed E-state index contributed by atoms with van der Waals surface area (Å²) in [5.41, 5.74) is 0. The van der Waals surface area contributed by atoms with Gasteiger partial charge in [0.2, 0.25) is 0 Å². The van der Waals surface area contributed by atoms with Crippen LogP contribution in [-0.4, -0.2) is 27.1 Å². The molecule has 0 bridgehead atoms. The molecule has 1 aliphatic rings. The molecule has 3 rings (SSSR count). The van der Waals surface area contributed by atoms with E-state index in [1.807, 2.05) is 6.08 Å². The summed E-state index contributed by atoms with van der Waals surface area (Å²) in [5.74, 6) is 0. The molecule has 2 atom stereocenters. The van der Waals surface area contributed by atoms with Crippen molar-refractivity contribution in [1.29, 1.82) is 0 Å². The van der Waals surface area contributed by atoms with Gasteiger partial charge in [0.1, 0.15) is 0 Å². The van der Waals surface area contributed by atoms with Gasteiger partial charge in [0.25, 0.3) is 8.32 Å². The first-order valence-electron chi connectivity index (χ1n) is 10.0. The monoisotopic (exact) mass is 380 g/mol. The molecule has 0 N–H and O–H groups in total. The Labute approximate surface area is 165 Å². The van der Waals surface area contributed by atoms with E-state index in [1.165, 1.54) is 10.4 Å².